The van der Waals surface area contributed by atoms with Crippen molar-refractivity contribution >= 4 is 11.8 Å². The highest BCUT2D eigenvalue weighted by atomic mass is 16.3. The molecule has 23 heavy (non-hydrogen) atoms. The predicted octanol–water partition coefficient (Wildman–Crippen LogP) is 1.88. The normalized spacial score (nSPS) is 14.9. The van der Waals surface area contributed by atoms with Crippen LogP contribution in [0.25, 0.3) is 0 Å². The first-order valence-electron chi connectivity index (χ1n) is 8.05. The van der Waals surface area contributed by atoms with Crippen LogP contribution in [0.15, 0.2) is 24.3 Å². The van der Waals surface area contributed by atoms with Gasteiger partial charge in [-0.3, -0.25) is 9.59 Å². The highest BCUT2D eigenvalue weighted by molar-refractivity contribution is 5.98. The number of benzene rings is 1. The van der Waals surface area contributed by atoms with Crippen molar-refractivity contribution in [3.8, 4) is 0 Å². The first kappa shape index (κ1) is 19.2. The molecule has 1 aromatic carbocycles. The second-order valence-corrected chi connectivity index (χ2v) is 6.47. The summed E-state index contributed by atoms with van der Waals surface area (Å²) in [5.41, 5.74) is 1.44. The topological polar surface area (TPSA) is 78.4 Å². The van der Waals surface area contributed by atoms with E-state index in [2.05, 4.69) is 10.6 Å². The van der Waals surface area contributed by atoms with Crippen LogP contribution in [0.3, 0.4) is 0 Å². The SMILES string of the molecule is Cc1ccccc1C(=O)NC(C(=O)NC(C)C(C)CO)C(C)C. The lowest BCUT2D eigenvalue weighted by molar-refractivity contribution is -0.125. The molecule has 0 saturated heterocycles. The van der Waals surface area contributed by atoms with Crippen LogP contribution in [0.2, 0.25) is 0 Å². The van der Waals surface area contributed by atoms with Crippen LogP contribution in [0.5, 0.6) is 0 Å². The fourth-order valence-electron chi connectivity index (χ4n) is 2.20. The molecule has 0 radical (unpaired) electrons. The van der Waals surface area contributed by atoms with Crippen molar-refractivity contribution in [2.75, 3.05) is 6.61 Å². The van der Waals surface area contributed by atoms with E-state index in [0.29, 0.717) is 5.56 Å². The lowest BCUT2D eigenvalue weighted by Gasteiger charge is -2.26. The number of hydrogen-bond acceptors (Lipinski definition) is 3. The molecule has 1 aromatic rings. The molecule has 0 aromatic heterocycles. The van der Waals surface area contributed by atoms with Gasteiger partial charge in [0.1, 0.15) is 6.04 Å². The van der Waals surface area contributed by atoms with Crippen LogP contribution < -0.4 is 10.6 Å². The zero-order valence-electron chi connectivity index (χ0n) is 14.6. The third-order valence-corrected chi connectivity index (χ3v) is 4.14. The van der Waals surface area contributed by atoms with Crippen LogP contribution >= 0.6 is 0 Å². The van der Waals surface area contributed by atoms with E-state index in [1.807, 2.05) is 46.8 Å². The molecule has 0 bridgehead atoms. The first-order valence-corrected chi connectivity index (χ1v) is 8.05. The Hall–Kier alpha value is -1.88. The molecule has 0 spiro atoms. The summed E-state index contributed by atoms with van der Waals surface area (Å²) in [5.74, 6) is -0.562. The van der Waals surface area contributed by atoms with Crippen LogP contribution in [0.4, 0.5) is 0 Å². The van der Waals surface area contributed by atoms with Gasteiger partial charge in [-0.05, 0) is 37.3 Å². The molecule has 0 aliphatic rings. The van der Waals surface area contributed by atoms with Crippen LogP contribution in [-0.2, 0) is 4.79 Å². The highest BCUT2D eigenvalue weighted by Crippen LogP contribution is 2.10. The van der Waals surface area contributed by atoms with Gasteiger partial charge in [-0.2, -0.15) is 0 Å². The van der Waals surface area contributed by atoms with Crippen LogP contribution in [0, 0.1) is 18.8 Å². The van der Waals surface area contributed by atoms with Crippen molar-refractivity contribution in [1.82, 2.24) is 10.6 Å². The standard InChI is InChI=1S/C18H28N2O3/c1-11(2)16(18(23)19-14(5)13(4)10-21)20-17(22)15-9-7-6-8-12(15)3/h6-9,11,13-14,16,21H,10H2,1-5H3,(H,19,23)(H,20,22). The Balaban J connectivity index is 2.81. The predicted molar refractivity (Wildman–Crippen MR) is 91.1 cm³/mol. The monoisotopic (exact) mass is 320 g/mol. The molecule has 0 aliphatic carbocycles. The molecule has 3 unspecified atom stereocenters. The first-order chi connectivity index (χ1) is 10.8. The molecule has 0 heterocycles. The summed E-state index contributed by atoms with van der Waals surface area (Å²) in [5, 5.41) is 14.9. The average molecular weight is 320 g/mol. The molecule has 128 valence electrons. The van der Waals surface area contributed by atoms with Crippen molar-refractivity contribution < 1.29 is 14.7 Å². The number of aryl methyl sites for hydroxylation is 1. The van der Waals surface area contributed by atoms with Gasteiger partial charge < -0.3 is 15.7 Å². The van der Waals surface area contributed by atoms with Crippen LogP contribution in [0.1, 0.15) is 43.6 Å². The average Bonchev–Trinajstić information content (AvgIpc) is 2.51. The third kappa shape index (κ3) is 5.36. The Labute approximate surface area is 138 Å². The smallest absolute Gasteiger partial charge is 0.252 e. The van der Waals surface area contributed by atoms with E-state index in [1.54, 1.807) is 12.1 Å². The van der Waals surface area contributed by atoms with Gasteiger partial charge in [-0.15, -0.1) is 0 Å². The Kier molecular flexibility index (Phi) is 7.23. The molecule has 5 nitrogen and oxygen atoms in total. The fourth-order valence-corrected chi connectivity index (χ4v) is 2.20. The Morgan fingerprint density at radius 1 is 1.09 bits per heavy atom. The molecule has 3 N–H and O–H groups in total. The van der Waals surface area contributed by atoms with Crippen molar-refractivity contribution in [1.29, 1.82) is 0 Å². The minimum absolute atomic E-state index is 0.00333. The van der Waals surface area contributed by atoms with Gasteiger partial charge >= 0.3 is 0 Å². The second-order valence-electron chi connectivity index (χ2n) is 6.47. The van der Waals surface area contributed by atoms with Crippen molar-refractivity contribution in [3.63, 3.8) is 0 Å². The number of nitrogens with one attached hydrogen (secondary N) is 2. The van der Waals surface area contributed by atoms with E-state index < -0.39 is 6.04 Å². The van der Waals surface area contributed by atoms with Crippen molar-refractivity contribution in [3.05, 3.63) is 35.4 Å². The Morgan fingerprint density at radius 2 is 1.70 bits per heavy atom. The zero-order valence-corrected chi connectivity index (χ0v) is 14.6. The van der Waals surface area contributed by atoms with Gasteiger partial charge in [0.15, 0.2) is 0 Å². The molecule has 0 fully saturated rings. The van der Waals surface area contributed by atoms with Gasteiger partial charge in [-0.25, -0.2) is 0 Å². The summed E-state index contributed by atoms with van der Waals surface area (Å²) in [6.07, 6.45) is 0. The van der Waals surface area contributed by atoms with E-state index >= 15 is 0 Å². The molecule has 0 aliphatic heterocycles. The molecular formula is C18H28N2O3. The summed E-state index contributed by atoms with van der Waals surface area (Å²) in [6.45, 7) is 9.36. The van der Waals surface area contributed by atoms with E-state index in [-0.39, 0.29) is 36.3 Å². The molecule has 2 amide bonds. The molecule has 1 rings (SSSR count). The summed E-state index contributed by atoms with van der Waals surface area (Å²) in [7, 11) is 0. The summed E-state index contributed by atoms with van der Waals surface area (Å²) < 4.78 is 0. The third-order valence-electron chi connectivity index (χ3n) is 4.14. The second kappa shape index (κ2) is 8.67. The maximum absolute atomic E-state index is 12.5. The van der Waals surface area contributed by atoms with Gasteiger partial charge in [0.25, 0.3) is 5.91 Å². The maximum Gasteiger partial charge on any atom is 0.252 e. The van der Waals surface area contributed by atoms with Gasteiger partial charge in [-0.1, -0.05) is 39.0 Å². The minimum Gasteiger partial charge on any atom is -0.396 e. The molecule has 5 heteroatoms. The fraction of sp³-hybridized carbons (Fsp3) is 0.556. The quantitative estimate of drug-likeness (QED) is 0.718. The maximum atomic E-state index is 12.5. The van der Waals surface area contributed by atoms with Crippen LogP contribution in [-0.4, -0.2) is 35.6 Å². The van der Waals surface area contributed by atoms with Gasteiger partial charge in [0, 0.05) is 18.2 Å². The van der Waals surface area contributed by atoms with Crippen molar-refractivity contribution in [2.45, 2.75) is 46.7 Å². The number of hydrogen-bond donors (Lipinski definition) is 3. The van der Waals surface area contributed by atoms with E-state index in [1.165, 1.54) is 0 Å². The zero-order chi connectivity index (χ0) is 17.6. The molecule has 0 saturated carbocycles. The summed E-state index contributed by atoms with van der Waals surface area (Å²) in [6, 6.07) is 6.51. The largest absolute Gasteiger partial charge is 0.396 e. The van der Waals surface area contributed by atoms with E-state index in [9.17, 15) is 9.59 Å². The number of aliphatic hydroxyl groups is 1. The minimum atomic E-state index is -0.615. The van der Waals surface area contributed by atoms with E-state index in [0.717, 1.165) is 5.56 Å². The number of carbonyl (C=O) groups excluding carboxylic acids is 2. The van der Waals surface area contributed by atoms with Gasteiger partial charge in [0.05, 0.1) is 0 Å². The Morgan fingerprint density at radius 3 is 2.22 bits per heavy atom. The molecular weight excluding hydrogens is 292 g/mol. The molecule has 3 atom stereocenters. The summed E-state index contributed by atoms with van der Waals surface area (Å²) in [4.78, 5) is 24.9. The number of rotatable bonds is 7. The number of carbonyl (C=O) groups is 2. The highest BCUT2D eigenvalue weighted by Gasteiger charge is 2.27. The lowest BCUT2D eigenvalue weighted by atomic mass is 9.99. The number of aliphatic hydroxyl groups excluding tert-OH is 1. The van der Waals surface area contributed by atoms with Gasteiger partial charge in [0.2, 0.25) is 5.91 Å². The lowest BCUT2D eigenvalue weighted by Crippen LogP contribution is -2.53. The summed E-state index contributed by atoms with van der Waals surface area (Å²) >= 11 is 0. The van der Waals surface area contributed by atoms with E-state index in [4.69, 9.17) is 5.11 Å². The van der Waals surface area contributed by atoms with Crippen molar-refractivity contribution in [2.24, 2.45) is 11.8 Å². The number of amides is 2. The Bertz CT molecular complexity index is 543.